The number of hydrogen-bond donors (Lipinski definition) is 2. The first kappa shape index (κ1) is 13.0. The monoisotopic (exact) mass is 284 g/mol. The normalized spacial score (nSPS) is 12.0. The molecule has 2 amide bonds. The number of nitrogens with two attached hydrogens (primary N) is 1. The first-order chi connectivity index (χ1) is 10.1. The lowest BCUT2D eigenvalue weighted by molar-refractivity contribution is 0.0998. The summed E-state index contributed by atoms with van der Waals surface area (Å²) in [7, 11) is 0. The Morgan fingerprint density at radius 1 is 0.952 bits per heavy atom. The fourth-order valence-corrected chi connectivity index (χ4v) is 1.96. The Bertz CT molecular complexity index is 710. The van der Waals surface area contributed by atoms with Crippen LogP contribution in [0.15, 0.2) is 42.5 Å². The van der Waals surface area contributed by atoms with Crippen LogP contribution in [0.25, 0.3) is 0 Å². The lowest BCUT2D eigenvalue weighted by atomic mass is 10.1. The highest BCUT2D eigenvalue weighted by molar-refractivity contribution is 6.05. The molecule has 0 aliphatic carbocycles. The summed E-state index contributed by atoms with van der Waals surface area (Å²) in [6, 6.07) is 11.3. The number of carbonyl (C=O) groups excluding carboxylic acids is 2. The lowest BCUT2D eigenvalue weighted by Crippen LogP contribution is -2.13. The Kier molecular flexibility index (Phi) is 3.19. The van der Waals surface area contributed by atoms with E-state index in [4.69, 9.17) is 15.2 Å². The Morgan fingerprint density at radius 2 is 1.62 bits per heavy atom. The molecule has 0 aromatic heterocycles. The van der Waals surface area contributed by atoms with Crippen LogP contribution in [-0.4, -0.2) is 18.6 Å². The van der Waals surface area contributed by atoms with Crippen LogP contribution in [0.4, 0.5) is 5.69 Å². The Labute approximate surface area is 120 Å². The zero-order valence-electron chi connectivity index (χ0n) is 11.0. The van der Waals surface area contributed by atoms with Crippen LogP contribution in [0, 0.1) is 0 Å². The molecule has 6 heteroatoms. The molecule has 0 saturated carbocycles. The van der Waals surface area contributed by atoms with Gasteiger partial charge in [0, 0.05) is 16.8 Å². The number of nitrogens with one attached hydrogen (secondary N) is 1. The van der Waals surface area contributed by atoms with Gasteiger partial charge in [-0.2, -0.15) is 0 Å². The van der Waals surface area contributed by atoms with Gasteiger partial charge in [0.1, 0.15) is 0 Å². The summed E-state index contributed by atoms with van der Waals surface area (Å²) >= 11 is 0. The van der Waals surface area contributed by atoms with E-state index in [1.807, 2.05) is 0 Å². The molecular weight excluding hydrogens is 272 g/mol. The van der Waals surface area contributed by atoms with Crippen LogP contribution in [0.3, 0.4) is 0 Å². The Morgan fingerprint density at radius 3 is 2.33 bits per heavy atom. The predicted molar refractivity (Wildman–Crippen MR) is 75.5 cm³/mol. The third kappa shape index (κ3) is 2.64. The van der Waals surface area contributed by atoms with Crippen molar-refractivity contribution in [3.63, 3.8) is 0 Å². The molecule has 1 aliphatic heterocycles. The van der Waals surface area contributed by atoms with Crippen LogP contribution in [-0.2, 0) is 0 Å². The van der Waals surface area contributed by atoms with E-state index in [0.717, 1.165) is 0 Å². The fourth-order valence-electron chi connectivity index (χ4n) is 1.96. The van der Waals surface area contributed by atoms with Gasteiger partial charge in [0.2, 0.25) is 12.7 Å². The van der Waals surface area contributed by atoms with E-state index in [2.05, 4.69) is 5.32 Å². The molecule has 21 heavy (non-hydrogen) atoms. The van der Waals surface area contributed by atoms with Crippen LogP contribution in [0.5, 0.6) is 11.5 Å². The number of fused-ring (bicyclic) bond motifs is 1. The molecule has 0 fully saturated rings. The van der Waals surface area contributed by atoms with Crippen LogP contribution < -0.4 is 20.5 Å². The molecule has 6 nitrogen and oxygen atoms in total. The quantitative estimate of drug-likeness (QED) is 0.898. The Hall–Kier alpha value is -3.02. The maximum Gasteiger partial charge on any atom is 0.255 e. The van der Waals surface area contributed by atoms with Crippen molar-refractivity contribution in [2.75, 3.05) is 12.1 Å². The second-order valence-corrected chi connectivity index (χ2v) is 4.46. The SMILES string of the molecule is NC(=O)c1ccc(NC(=O)c2ccc3c(c2)OCO3)cc1. The van der Waals surface area contributed by atoms with Gasteiger partial charge in [-0.3, -0.25) is 9.59 Å². The first-order valence-electron chi connectivity index (χ1n) is 6.24. The number of rotatable bonds is 3. The third-order valence-corrected chi connectivity index (χ3v) is 3.06. The average Bonchev–Trinajstić information content (AvgIpc) is 2.95. The number of amides is 2. The molecule has 0 spiro atoms. The van der Waals surface area contributed by atoms with Gasteiger partial charge >= 0.3 is 0 Å². The summed E-state index contributed by atoms with van der Waals surface area (Å²) in [6.45, 7) is 0.162. The van der Waals surface area contributed by atoms with Gasteiger partial charge < -0.3 is 20.5 Å². The smallest absolute Gasteiger partial charge is 0.255 e. The van der Waals surface area contributed by atoms with Crippen LogP contribution >= 0.6 is 0 Å². The average molecular weight is 284 g/mol. The third-order valence-electron chi connectivity index (χ3n) is 3.06. The summed E-state index contributed by atoms with van der Waals surface area (Å²) in [4.78, 5) is 23.1. The van der Waals surface area contributed by atoms with Crippen molar-refractivity contribution in [1.82, 2.24) is 0 Å². The highest BCUT2D eigenvalue weighted by Gasteiger charge is 2.16. The Balaban J connectivity index is 1.75. The fraction of sp³-hybridized carbons (Fsp3) is 0.0667. The molecular formula is C15H12N2O4. The van der Waals surface area contributed by atoms with Gasteiger partial charge in [-0.05, 0) is 42.5 Å². The molecule has 0 atom stereocenters. The standard InChI is InChI=1S/C15H12N2O4/c16-14(18)9-1-4-11(5-2-9)17-15(19)10-3-6-12-13(7-10)21-8-20-12/h1-7H,8H2,(H2,16,18)(H,17,19). The molecule has 2 aromatic carbocycles. The van der Waals surface area contributed by atoms with E-state index >= 15 is 0 Å². The number of anilines is 1. The van der Waals surface area contributed by atoms with Crippen molar-refractivity contribution in [2.24, 2.45) is 5.73 Å². The predicted octanol–water partition coefficient (Wildman–Crippen LogP) is 1.77. The highest BCUT2D eigenvalue weighted by Crippen LogP contribution is 2.32. The highest BCUT2D eigenvalue weighted by atomic mass is 16.7. The van der Waals surface area contributed by atoms with Gasteiger partial charge in [-0.1, -0.05) is 0 Å². The van der Waals surface area contributed by atoms with Crippen molar-refractivity contribution in [2.45, 2.75) is 0 Å². The van der Waals surface area contributed by atoms with Crippen molar-refractivity contribution >= 4 is 17.5 Å². The van der Waals surface area contributed by atoms with E-state index in [9.17, 15) is 9.59 Å². The second kappa shape index (κ2) is 5.16. The minimum atomic E-state index is -0.511. The van der Waals surface area contributed by atoms with Gasteiger partial charge in [-0.25, -0.2) is 0 Å². The van der Waals surface area contributed by atoms with Crippen molar-refractivity contribution in [3.05, 3.63) is 53.6 Å². The second-order valence-electron chi connectivity index (χ2n) is 4.46. The number of benzene rings is 2. The number of carbonyl (C=O) groups is 2. The lowest BCUT2D eigenvalue weighted by Gasteiger charge is -2.06. The van der Waals surface area contributed by atoms with Crippen LogP contribution in [0.1, 0.15) is 20.7 Å². The molecule has 3 rings (SSSR count). The largest absolute Gasteiger partial charge is 0.454 e. The molecule has 2 aromatic rings. The zero-order valence-corrected chi connectivity index (χ0v) is 11.0. The van der Waals surface area contributed by atoms with Gasteiger partial charge in [0.15, 0.2) is 11.5 Å². The van der Waals surface area contributed by atoms with Gasteiger partial charge in [-0.15, -0.1) is 0 Å². The van der Waals surface area contributed by atoms with E-state index in [-0.39, 0.29) is 12.7 Å². The van der Waals surface area contributed by atoms with E-state index < -0.39 is 5.91 Å². The minimum Gasteiger partial charge on any atom is -0.454 e. The van der Waals surface area contributed by atoms with Crippen molar-refractivity contribution in [1.29, 1.82) is 0 Å². The molecule has 106 valence electrons. The molecule has 0 bridgehead atoms. The van der Waals surface area contributed by atoms with E-state index in [1.165, 1.54) is 0 Å². The van der Waals surface area contributed by atoms with Crippen molar-refractivity contribution < 1.29 is 19.1 Å². The summed E-state index contributed by atoms with van der Waals surface area (Å²) in [5.74, 6) is 0.382. The summed E-state index contributed by atoms with van der Waals surface area (Å²) in [6.07, 6.45) is 0. The molecule has 1 heterocycles. The summed E-state index contributed by atoms with van der Waals surface area (Å²) in [5, 5.41) is 2.73. The van der Waals surface area contributed by atoms with E-state index in [0.29, 0.717) is 28.3 Å². The maximum absolute atomic E-state index is 12.1. The number of ether oxygens (including phenoxy) is 2. The molecule has 0 radical (unpaired) electrons. The maximum atomic E-state index is 12.1. The topological polar surface area (TPSA) is 90.7 Å². The van der Waals surface area contributed by atoms with Crippen molar-refractivity contribution in [3.8, 4) is 11.5 Å². The van der Waals surface area contributed by atoms with Crippen LogP contribution in [0.2, 0.25) is 0 Å². The molecule has 0 saturated heterocycles. The summed E-state index contributed by atoms with van der Waals surface area (Å²) in [5.41, 5.74) is 6.57. The number of hydrogen-bond acceptors (Lipinski definition) is 4. The number of primary amides is 1. The minimum absolute atomic E-state index is 0.162. The first-order valence-corrected chi connectivity index (χ1v) is 6.24. The van der Waals surface area contributed by atoms with Gasteiger partial charge in [0.05, 0.1) is 0 Å². The van der Waals surface area contributed by atoms with E-state index in [1.54, 1.807) is 42.5 Å². The molecule has 3 N–H and O–H groups in total. The zero-order chi connectivity index (χ0) is 14.8. The van der Waals surface area contributed by atoms with Gasteiger partial charge in [0.25, 0.3) is 5.91 Å². The molecule has 1 aliphatic rings. The molecule has 0 unspecified atom stereocenters. The summed E-state index contributed by atoms with van der Waals surface area (Å²) < 4.78 is 10.4.